The van der Waals surface area contributed by atoms with Crippen LogP contribution >= 0.6 is 0 Å². The minimum atomic E-state index is 0.569. The Bertz CT molecular complexity index is 226. The molecule has 100 valence electrons. The molecule has 2 unspecified atom stereocenters. The highest BCUT2D eigenvalue weighted by Crippen LogP contribution is 2.47. The topological polar surface area (TPSA) is 12.0 Å². The molecule has 1 nitrogen and oxygen atoms in total. The summed E-state index contributed by atoms with van der Waals surface area (Å²) in [5.41, 5.74) is 0.569. The molecule has 0 amide bonds. The average Bonchev–Trinajstić information content (AvgIpc) is 2.55. The van der Waals surface area contributed by atoms with E-state index in [1.807, 2.05) is 0 Å². The van der Waals surface area contributed by atoms with Crippen LogP contribution in [0.5, 0.6) is 0 Å². The first-order valence-corrected chi connectivity index (χ1v) is 7.82. The molecule has 0 spiro atoms. The molecule has 0 radical (unpaired) electrons. The minimum Gasteiger partial charge on any atom is -0.316 e. The summed E-state index contributed by atoms with van der Waals surface area (Å²) in [5, 5.41) is 3.70. The summed E-state index contributed by atoms with van der Waals surface area (Å²) in [6.45, 7) is 4.98. The molecule has 1 N–H and O–H groups in total. The van der Waals surface area contributed by atoms with Gasteiger partial charge >= 0.3 is 0 Å². The predicted octanol–water partition coefficient (Wildman–Crippen LogP) is 4.37. The Hall–Kier alpha value is -0.0400. The van der Waals surface area contributed by atoms with Gasteiger partial charge in [0.05, 0.1) is 0 Å². The lowest BCUT2D eigenvalue weighted by Gasteiger charge is -2.38. The Kier molecular flexibility index (Phi) is 4.52. The van der Waals surface area contributed by atoms with Crippen molar-refractivity contribution >= 4 is 0 Å². The van der Waals surface area contributed by atoms with Crippen molar-refractivity contribution < 1.29 is 0 Å². The highest BCUT2D eigenvalue weighted by atomic mass is 14.9. The first kappa shape index (κ1) is 13.4. The molecule has 2 aliphatic carbocycles. The molecule has 2 saturated carbocycles. The standard InChI is InChI=1S/C16H31N/c1-16(2)12-8-11-14(16)15(17-3)13-9-6-4-5-7-10-13/h13-15,17H,4-12H2,1-3H3. The third-order valence-corrected chi connectivity index (χ3v) is 5.51. The lowest BCUT2D eigenvalue weighted by Crippen LogP contribution is -2.44. The molecule has 0 aromatic rings. The highest BCUT2D eigenvalue weighted by molar-refractivity contribution is 4.94. The van der Waals surface area contributed by atoms with E-state index < -0.39 is 0 Å². The molecule has 17 heavy (non-hydrogen) atoms. The van der Waals surface area contributed by atoms with Crippen molar-refractivity contribution in [3.63, 3.8) is 0 Å². The van der Waals surface area contributed by atoms with Gasteiger partial charge in [-0.15, -0.1) is 0 Å². The Morgan fingerprint density at radius 2 is 1.59 bits per heavy atom. The van der Waals surface area contributed by atoms with Gasteiger partial charge in [-0.2, -0.15) is 0 Å². The van der Waals surface area contributed by atoms with Crippen LogP contribution in [0.3, 0.4) is 0 Å². The molecule has 2 rings (SSSR count). The Balaban J connectivity index is 2.03. The molecule has 2 aliphatic rings. The largest absolute Gasteiger partial charge is 0.316 e. The summed E-state index contributed by atoms with van der Waals surface area (Å²) in [5.74, 6) is 1.86. The van der Waals surface area contributed by atoms with Crippen LogP contribution in [-0.2, 0) is 0 Å². The van der Waals surface area contributed by atoms with Crippen LogP contribution in [0.2, 0.25) is 0 Å². The van der Waals surface area contributed by atoms with E-state index in [4.69, 9.17) is 0 Å². The van der Waals surface area contributed by atoms with Gasteiger partial charge in [0.15, 0.2) is 0 Å². The van der Waals surface area contributed by atoms with E-state index in [-0.39, 0.29) is 0 Å². The van der Waals surface area contributed by atoms with Gasteiger partial charge in [0.25, 0.3) is 0 Å². The van der Waals surface area contributed by atoms with Crippen molar-refractivity contribution in [3.8, 4) is 0 Å². The van der Waals surface area contributed by atoms with Crippen molar-refractivity contribution in [1.29, 1.82) is 0 Å². The maximum atomic E-state index is 3.70. The fraction of sp³-hybridized carbons (Fsp3) is 1.00. The highest BCUT2D eigenvalue weighted by Gasteiger charge is 2.41. The second-order valence-electron chi connectivity index (χ2n) is 7.05. The number of nitrogens with one attached hydrogen (secondary N) is 1. The SMILES string of the molecule is CNC(C1CCCCCC1)C1CCCC1(C)C. The lowest BCUT2D eigenvalue weighted by atomic mass is 9.72. The molecule has 0 aromatic carbocycles. The van der Waals surface area contributed by atoms with Crippen LogP contribution in [-0.4, -0.2) is 13.1 Å². The monoisotopic (exact) mass is 237 g/mol. The zero-order valence-corrected chi connectivity index (χ0v) is 12.1. The summed E-state index contributed by atoms with van der Waals surface area (Å²) in [6.07, 6.45) is 13.2. The van der Waals surface area contributed by atoms with Crippen LogP contribution in [0.15, 0.2) is 0 Å². The van der Waals surface area contributed by atoms with Crippen molar-refractivity contribution in [1.82, 2.24) is 5.32 Å². The molecular formula is C16H31N. The van der Waals surface area contributed by atoms with Crippen LogP contribution in [0.25, 0.3) is 0 Å². The molecule has 0 aromatic heterocycles. The average molecular weight is 237 g/mol. The molecule has 1 heteroatoms. The number of rotatable bonds is 3. The molecule has 0 saturated heterocycles. The fourth-order valence-electron chi connectivity index (χ4n) is 4.45. The molecule has 0 bridgehead atoms. The van der Waals surface area contributed by atoms with Crippen molar-refractivity contribution in [2.75, 3.05) is 7.05 Å². The second kappa shape index (κ2) is 5.73. The lowest BCUT2D eigenvalue weighted by molar-refractivity contribution is 0.150. The van der Waals surface area contributed by atoms with Gasteiger partial charge in [0, 0.05) is 6.04 Å². The van der Waals surface area contributed by atoms with Gasteiger partial charge in [-0.1, -0.05) is 46.0 Å². The third-order valence-electron chi connectivity index (χ3n) is 5.51. The van der Waals surface area contributed by atoms with E-state index in [2.05, 4.69) is 26.2 Å². The summed E-state index contributed by atoms with van der Waals surface area (Å²) in [7, 11) is 2.20. The Morgan fingerprint density at radius 3 is 2.06 bits per heavy atom. The van der Waals surface area contributed by atoms with Gasteiger partial charge in [-0.3, -0.25) is 0 Å². The van der Waals surface area contributed by atoms with Crippen molar-refractivity contribution in [2.24, 2.45) is 17.3 Å². The third kappa shape index (κ3) is 3.05. The molecule has 2 atom stereocenters. The normalized spacial score (nSPS) is 32.3. The van der Waals surface area contributed by atoms with Crippen molar-refractivity contribution in [3.05, 3.63) is 0 Å². The molecular weight excluding hydrogens is 206 g/mol. The van der Waals surface area contributed by atoms with Crippen LogP contribution < -0.4 is 5.32 Å². The number of hydrogen-bond acceptors (Lipinski definition) is 1. The first-order valence-electron chi connectivity index (χ1n) is 7.82. The summed E-state index contributed by atoms with van der Waals surface area (Å²) >= 11 is 0. The van der Waals surface area contributed by atoms with E-state index in [0.29, 0.717) is 5.41 Å². The van der Waals surface area contributed by atoms with E-state index in [9.17, 15) is 0 Å². The Labute approximate surface area is 108 Å². The molecule has 0 aliphatic heterocycles. The van der Waals surface area contributed by atoms with Gasteiger partial charge in [0.2, 0.25) is 0 Å². The first-order chi connectivity index (χ1) is 8.15. The minimum absolute atomic E-state index is 0.569. The maximum Gasteiger partial charge on any atom is 0.0126 e. The summed E-state index contributed by atoms with van der Waals surface area (Å²) in [6, 6.07) is 0.783. The van der Waals surface area contributed by atoms with Gasteiger partial charge < -0.3 is 5.32 Å². The maximum absolute atomic E-state index is 3.70. The molecule has 0 heterocycles. The smallest absolute Gasteiger partial charge is 0.0126 e. The summed E-state index contributed by atoms with van der Waals surface area (Å²) < 4.78 is 0. The second-order valence-corrected chi connectivity index (χ2v) is 7.05. The number of hydrogen-bond donors (Lipinski definition) is 1. The van der Waals surface area contributed by atoms with Gasteiger partial charge in [-0.25, -0.2) is 0 Å². The van der Waals surface area contributed by atoms with E-state index in [1.54, 1.807) is 0 Å². The van der Waals surface area contributed by atoms with E-state index in [1.165, 1.54) is 57.8 Å². The quantitative estimate of drug-likeness (QED) is 0.719. The van der Waals surface area contributed by atoms with Crippen LogP contribution in [0.4, 0.5) is 0 Å². The summed E-state index contributed by atoms with van der Waals surface area (Å²) in [4.78, 5) is 0. The Morgan fingerprint density at radius 1 is 0.941 bits per heavy atom. The zero-order valence-electron chi connectivity index (χ0n) is 12.1. The van der Waals surface area contributed by atoms with E-state index in [0.717, 1.165) is 17.9 Å². The fourth-order valence-corrected chi connectivity index (χ4v) is 4.45. The predicted molar refractivity (Wildman–Crippen MR) is 75.2 cm³/mol. The van der Waals surface area contributed by atoms with Crippen LogP contribution in [0, 0.1) is 17.3 Å². The van der Waals surface area contributed by atoms with E-state index >= 15 is 0 Å². The van der Waals surface area contributed by atoms with Gasteiger partial charge in [-0.05, 0) is 50.0 Å². The zero-order chi connectivity index (χ0) is 12.3. The van der Waals surface area contributed by atoms with Crippen molar-refractivity contribution in [2.45, 2.75) is 77.7 Å². The van der Waals surface area contributed by atoms with Crippen LogP contribution in [0.1, 0.15) is 71.6 Å². The molecule has 2 fully saturated rings. The van der Waals surface area contributed by atoms with Gasteiger partial charge in [0.1, 0.15) is 0 Å².